The summed E-state index contributed by atoms with van der Waals surface area (Å²) in [6.07, 6.45) is 0. The fraction of sp³-hybridized carbons (Fsp3) is 0.125. The molecule has 0 saturated heterocycles. The monoisotopic (exact) mass is 447 g/mol. The van der Waals surface area contributed by atoms with Crippen LogP contribution in [0.4, 0.5) is 20.6 Å². The molecule has 0 aliphatic rings. The zero-order valence-corrected chi connectivity index (χ0v) is 18.1. The lowest BCUT2D eigenvalue weighted by Crippen LogP contribution is -2.19. The average Bonchev–Trinajstić information content (AvgIpc) is 3.24. The fourth-order valence-electron chi connectivity index (χ4n) is 3.13. The number of carbonyl (C=O) groups is 1. The number of aromatic nitrogens is 3. The molecule has 1 heterocycles. The number of hydrogen-bond acceptors (Lipinski definition) is 5. The average molecular weight is 447 g/mol. The molecule has 0 spiro atoms. The number of urea groups is 1. The highest BCUT2D eigenvalue weighted by Crippen LogP contribution is 2.25. The summed E-state index contributed by atoms with van der Waals surface area (Å²) in [4.78, 5) is 16.7. The highest BCUT2D eigenvalue weighted by Gasteiger charge is 2.15. The van der Waals surface area contributed by atoms with Crippen LogP contribution in [0.3, 0.4) is 0 Å². The van der Waals surface area contributed by atoms with E-state index < -0.39 is 0 Å². The van der Waals surface area contributed by atoms with Crippen LogP contribution in [-0.4, -0.2) is 34.5 Å². The number of amides is 2. The van der Waals surface area contributed by atoms with E-state index in [4.69, 9.17) is 9.47 Å². The number of carbonyl (C=O) groups excluding carboxylic acids is 1. The first-order chi connectivity index (χ1) is 16.1. The number of methoxy groups -OCH3 is 1. The summed E-state index contributed by atoms with van der Waals surface area (Å²) >= 11 is 0. The van der Waals surface area contributed by atoms with Crippen molar-refractivity contribution in [2.45, 2.75) is 6.92 Å². The summed E-state index contributed by atoms with van der Waals surface area (Å²) in [7, 11) is 1.58. The molecule has 0 saturated carbocycles. The summed E-state index contributed by atoms with van der Waals surface area (Å²) in [5.41, 5.74) is 2.46. The van der Waals surface area contributed by atoms with Crippen LogP contribution in [-0.2, 0) is 0 Å². The van der Waals surface area contributed by atoms with E-state index in [1.807, 2.05) is 6.92 Å². The molecule has 0 aliphatic heterocycles. The summed E-state index contributed by atoms with van der Waals surface area (Å²) in [5, 5.41) is 9.92. The molecule has 0 bridgehead atoms. The molecule has 3 aromatic carbocycles. The molecule has 0 radical (unpaired) electrons. The largest absolute Gasteiger partial charge is 0.497 e. The van der Waals surface area contributed by atoms with Crippen LogP contribution in [0.25, 0.3) is 17.1 Å². The van der Waals surface area contributed by atoms with Gasteiger partial charge in [-0.05, 0) is 67.6 Å². The number of benzene rings is 3. The van der Waals surface area contributed by atoms with Gasteiger partial charge in [-0.2, -0.15) is 4.98 Å². The molecule has 4 aromatic rings. The standard InChI is InChI=1S/C24H22FN5O3/c1-3-33-24-28-22(16-5-4-6-17(25)15-16)30(29-24)20-11-7-18(8-12-20)26-23(31)27-19-9-13-21(32-2)14-10-19/h4-15H,3H2,1-2H3,(H2,26,27,31). The van der Waals surface area contributed by atoms with Crippen molar-refractivity contribution in [3.8, 4) is 28.8 Å². The van der Waals surface area contributed by atoms with Gasteiger partial charge in [-0.3, -0.25) is 0 Å². The minimum Gasteiger partial charge on any atom is -0.497 e. The molecule has 2 amide bonds. The van der Waals surface area contributed by atoms with E-state index in [2.05, 4.69) is 20.7 Å². The summed E-state index contributed by atoms with van der Waals surface area (Å²) in [6.45, 7) is 2.23. The molecule has 168 valence electrons. The maximum Gasteiger partial charge on any atom is 0.336 e. The zero-order chi connectivity index (χ0) is 23.2. The Morgan fingerprint density at radius 2 is 1.67 bits per heavy atom. The Morgan fingerprint density at radius 1 is 1.00 bits per heavy atom. The fourth-order valence-corrected chi connectivity index (χ4v) is 3.13. The van der Waals surface area contributed by atoms with Crippen molar-refractivity contribution in [1.29, 1.82) is 0 Å². The number of anilines is 2. The molecule has 0 aliphatic carbocycles. The first kappa shape index (κ1) is 21.8. The molecule has 0 atom stereocenters. The molecule has 8 nitrogen and oxygen atoms in total. The zero-order valence-electron chi connectivity index (χ0n) is 18.1. The predicted molar refractivity (Wildman–Crippen MR) is 124 cm³/mol. The molecule has 33 heavy (non-hydrogen) atoms. The van der Waals surface area contributed by atoms with Crippen LogP contribution >= 0.6 is 0 Å². The third kappa shape index (κ3) is 5.27. The Bertz CT molecular complexity index is 1240. The minimum atomic E-state index is -0.382. The second kappa shape index (κ2) is 9.82. The number of ether oxygens (including phenoxy) is 2. The van der Waals surface area contributed by atoms with Gasteiger partial charge in [0.25, 0.3) is 0 Å². The lowest BCUT2D eigenvalue weighted by molar-refractivity contribution is 0.262. The Kier molecular flexibility index (Phi) is 6.49. The van der Waals surface area contributed by atoms with Crippen molar-refractivity contribution in [3.05, 3.63) is 78.6 Å². The lowest BCUT2D eigenvalue weighted by Gasteiger charge is -2.10. The smallest absolute Gasteiger partial charge is 0.336 e. The van der Waals surface area contributed by atoms with Crippen molar-refractivity contribution in [1.82, 2.24) is 14.8 Å². The molecule has 0 unspecified atom stereocenters. The van der Waals surface area contributed by atoms with Gasteiger partial charge >= 0.3 is 12.0 Å². The highest BCUT2D eigenvalue weighted by molar-refractivity contribution is 5.99. The van der Waals surface area contributed by atoms with Gasteiger partial charge in [-0.25, -0.2) is 13.9 Å². The molecular weight excluding hydrogens is 425 g/mol. The summed E-state index contributed by atoms with van der Waals surface area (Å²) in [6, 6.07) is 20.0. The van der Waals surface area contributed by atoms with Crippen molar-refractivity contribution in [3.63, 3.8) is 0 Å². The van der Waals surface area contributed by atoms with Gasteiger partial charge in [0.15, 0.2) is 5.82 Å². The van der Waals surface area contributed by atoms with Crippen molar-refractivity contribution < 1.29 is 18.7 Å². The van der Waals surface area contributed by atoms with Gasteiger partial charge in [-0.15, -0.1) is 5.10 Å². The van der Waals surface area contributed by atoms with E-state index in [9.17, 15) is 9.18 Å². The van der Waals surface area contributed by atoms with Gasteiger partial charge in [0.05, 0.1) is 19.4 Å². The van der Waals surface area contributed by atoms with Crippen LogP contribution in [0, 0.1) is 5.82 Å². The van der Waals surface area contributed by atoms with Gasteiger partial charge in [0.2, 0.25) is 0 Å². The molecule has 9 heteroatoms. The number of nitrogens with zero attached hydrogens (tertiary/aromatic N) is 3. The third-order valence-corrected chi connectivity index (χ3v) is 4.66. The second-order valence-electron chi connectivity index (χ2n) is 6.93. The highest BCUT2D eigenvalue weighted by atomic mass is 19.1. The molecule has 1 aromatic heterocycles. The van der Waals surface area contributed by atoms with Crippen LogP contribution in [0.2, 0.25) is 0 Å². The van der Waals surface area contributed by atoms with Crippen LogP contribution in [0.5, 0.6) is 11.8 Å². The van der Waals surface area contributed by atoms with Crippen molar-refractivity contribution in [2.75, 3.05) is 24.4 Å². The SMILES string of the molecule is CCOc1nc(-c2cccc(F)c2)n(-c2ccc(NC(=O)Nc3ccc(OC)cc3)cc2)n1. The molecule has 0 fully saturated rings. The Labute approximate surface area is 190 Å². The maximum atomic E-state index is 13.8. The summed E-state index contributed by atoms with van der Waals surface area (Å²) < 4.78 is 25.9. The van der Waals surface area contributed by atoms with E-state index in [0.29, 0.717) is 40.8 Å². The second-order valence-corrected chi connectivity index (χ2v) is 6.93. The number of nitrogens with one attached hydrogen (secondary N) is 2. The van der Waals surface area contributed by atoms with E-state index >= 15 is 0 Å². The Hall–Kier alpha value is -4.40. The lowest BCUT2D eigenvalue weighted by atomic mass is 10.2. The summed E-state index contributed by atoms with van der Waals surface area (Å²) in [5.74, 6) is 0.771. The topological polar surface area (TPSA) is 90.3 Å². The van der Waals surface area contributed by atoms with Crippen LogP contribution < -0.4 is 20.1 Å². The predicted octanol–water partition coefficient (Wildman–Crippen LogP) is 5.12. The van der Waals surface area contributed by atoms with E-state index in [1.54, 1.807) is 72.5 Å². The number of halogens is 1. The Balaban J connectivity index is 1.52. The number of hydrogen-bond donors (Lipinski definition) is 2. The Morgan fingerprint density at radius 3 is 2.27 bits per heavy atom. The number of rotatable bonds is 7. The van der Waals surface area contributed by atoms with Crippen molar-refractivity contribution in [2.24, 2.45) is 0 Å². The molecule has 4 rings (SSSR count). The van der Waals surface area contributed by atoms with Gasteiger partial charge < -0.3 is 20.1 Å². The van der Waals surface area contributed by atoms with Gasteiger partial charge in [0.1, 0.15) is 11.6 Å². The normalized spacial score (nSPS) is 10.5. The van der Waals surface area contributed by atoms with E-state index in [-0.39, 0.29) is 17.9 Å². The maximum absolute atomic E-state index is 13.8. The van der Waals surface area contributed by atoms with Gasteiger partial charge in [0, 0.05) is 16.9 Å². The quantitative estimate of drug-likeness (QED) is 0.410. The van der Waals surface area contributed by atoms with Gasteiger partial charge in [-0.1, -0.05) is 12.1 Å². The van der Waals surface area contributed by atoms with E-state index in [1.165, 1.54) is 12.1 Å². The van der Waals surface area contributed by atoms with Crippen LogP contribution in [0.1, 0.15) is 6.92 Å². The third-order valence-electron chi connectivity index (χ3n) is 4.66. The minimum absolute atomic E-state index is 0.192. The van der Waals surface area contributed by atoms with Crippen LogP contribution in [0.15, 0.2) is 72.8 Å². The first-order valence-corrected chi connectivity index (χ1v) is 10.2. The van der Waals surface area contributed by atoms with Crippen molar-refractivity contribution >= 4 is 17.4 Å². The molecular formula is C24H22FN5O3. The molecule has 2 N–H and O–H groups in total. The first-order valence-electron chi connectivity index (χ1n) is 10.2. The van der Waals surface area contributed by atoms with E-state index in [0.717, 1.165) is 0 Å².